The lowest BCUT2D eigenvalue weighted by molar-refractivity contribution is 0.242. The number of nitrogens with zero attached hydrogens (tertiary/aromatic N) is 6. The first-order valence-electron chi connectivity index (χ1n) is 17.1. The summed E-state index contributed by atoms with van der Waals surface area (Å²) in [7, 11) is -1.78. The van der Waals surface area contributed by atoms with Gasteiger partial charge in [-0.2, -0.15) is 5.26 Å². The molecule has 0 fully saturated rings. The summed E-state index contributed by atoms with van der Waals surface area (Å²) < 4.78 is 25.7. The highest BCUT2D eigenvalue weighted by atomic mass is 32.2. The van der Waals surface area contributed by atoms with Crippen LogP contribution in [-0.4, -0.2) is 52.8 Å². The molecule has 2 amide bonds. The zero-order valence-electron chi connectivity index (χ0n) is 29.5. The molecule has 0 saturated carbocycles. The molecule has 268 valence electrons. The normalized spacial score (nSPS) is 11.7. The number of nitriles is 1. The van der Waals surface area contributed by atoms with Gasteiger partial charge < -0.3 is 15.2 Å². The fraction of sp³-hybridized carbons (Fsp3) is 0.282. The number of pyridine rings is 2. The number of hydrogen-bond acceptors (Lipinski definition) is 9. The Morgan fingerprint density at radius 2 is 1.71 bits per heavy atom. The summed E-state index contributed by atoms with van der Waals surface area (Å²) in [5.74, 6) is 0.310. The van der Waals surface area contributed by atoms with E-state index in [9.17, 15) is 23.3 Å². The molecule has 0 aliphatic carbocycles. The first-order chi connectivity index (χ1) is 25.1. The van der Waals surface area contributed by atoms with Crippen LogP contribution in [0.5, 0.6) is 0 Å². The van der Waals surface area contributed by atoms with Crippen LogP contribution < -0.4 is 21.1 Å². The van der Waals surface area contributed by atoms with E-state index in [-0.39, 0.29) is 28.1 Å². The van der Waals surface area contributed by atoms with Gasteiger partial charge in [0.25, 0.3) is 0 Å². The maximum Gasteiger partial charge on any atom is 0.322 e. The quantitative estimate of drug-likeness (QED) is 0.118. The summed E-state index contributed by atoms with van der Waals surface area (Å²) in [5.41, 5.74) is 4.45. The van der Waals surface area contributed by atoms with Crippen LogP contribution in [0.4, 0.5) is 16.4 Å². The lowest BCUT2D eigenvalue weighted by Crippen LogP contribution is -2.46. The average Bonchev–Trinajstić information content (AvgIpc) is 3.15. The fourth-order valence-electron chi connectivity index (χ4n) is 5.89. The number of aromatic nitrogens is 4. The second-order valence-electron chi connectivity index (χ2n) is 12.5. The summed E-state index contributed by atoms with van der Waals surface area (Å²) in [6.45, 7) is 3.05. The molecule has 5 aromatic rings. The number of unbranched alkanes of at least 4 members (excludes halogenated alkanes) is 1. The van der Waals surface area contributed by atoms with Crippen molar-refractivity contribution in [3.63, 3.8) is 0 Å². The molecule has 2 N–H and O–H groups in total. The summed E-state index contributed by atoms with van der Waals surface area (Å²) >= 11 is 0. The molecule has 0 unspecified atom stereocenters. The lowest BCUT2D eigenvalue weighted by atomic mass is 10.0. The SMILES string of the molecule is CCC[C@H](CCCCNc1ncc(C#N)c(-c2cncc(S(C)(=O)=O)c2)n1)N(C(=O)NCc1ccccc1)c1ccc(-c2ccc(=O)n(C)c2)cc1. The maximum absolute atomic E-state index is 13.9. The number of rotatable bonds is 15. The van der Waals surface area contributed by atoms with Crippen LogP contribution in [0.1, 0.15) is 50.2 Å². The fourth-order valence-corrected chi connectivity index (χ4v) is 6.49. The van der Waals surface area contributed by atoms with Crippen molar-refractivity contribution < 1.29 is 13.2 Å². The first kappa shape index (κ1) is 37.4. The van der Waals surface area contributed by atoms with Crippen molar-refractivity contribution in [3.05, 3.63) is 119 Å². The second kappa shape index (κ2) is 17.4. The van der Waals surface area contributed by atoms with E-state index < -0.39 is 9.84 Å². The lowest BCUT2D eigenvalue weighted by Gasteiger charge is -2.32. The predicted molar refractivity (Wildman–Crippen MR) is 202 cm³/mol. The van der Waals surface area contributed by atoms with Gasteiger partial charge in [0.2, 0.25) is 11.5 Å². The summed E-state index contributed by atoms with van der Waals surface area (Å²) in [6, 6.07) is 24.3. The Balaban J connectivity index is 1.29. The molecule has 0 aliphatic heterocycles. The summed E-state index contributed by atoms with van der Waals surface area (Å²) in [5, 5.41) is 16.0. The molecule has 0 bridgehead atoms. The molecule has 5 rings (SSSR count). The number of carbonyl (C=O) groups is 1. The van der Waals surface area contributed by atoms with E-state index in [0.717, 1.165) is 60.7 Å². The minimum atomic E-state index is -3.50. The molecule has 3 aromatic heterocycles. The van der Waals surface area contributed by atoms with E-state index in [1.54, 1.807) is 29.9 Å². The molecule has 0 radical (unpaired) electrons. The van der Waals surface area contributed by atoms with Crippen molar-refractivity contribution in [1.29, 1.82) is 5.26 Å². The molecule has 12 nitrogen and oxygen atoms in total. The van der Waals surface area contributed by atoms with E-state index in [1.807, 2.05) is 59.5 Å². The number of anilines is 2. The van der Waals surface area contributed by atoms with Crippen LogP contribution in [0.25, 0.3) is 22.4 Å². The largest absolute Gasteiger partial charge is 0.354 e. The van der Waals surface area contributed by atoms with Gasteiger partial charge >= 0.3 is 6.03 Å². The van der Waals surface area contributed by atoms with Crippen LogP contribution in [0.15, 0.2) is 107 Å². The predicted octanol–water partition coefficient (Wildman–Crippen LogP) is 6.35. The van der Waals surface area contributed by atoms with Crippen molar-refractivity contribution in [1.82, 2.24) is 24.8 Å². The van der Waals surface area contributed by atoms with E-state index in [2.05, 4.69) is 38.6 Å². The summed E-state index contributed by atoms with van der Waals surface area (Å²) in [4.78, 5) is 40.6. The molecule has 13 heteroatoms. The molecule has 52 heavy (non-hydrogen) atoms. The third kappa shape index (κ3) is 9.67. The van der Waals surface area contributed by atoms with E-state index >= 15 is 0 Å². The second-order valence-corrected chi connectivity index (χ2v) is 14.6. The third-order valence-corrected chi connectivity index (χ3v) is 9.71. The van der Waals surface area contributed by atoms with E-state index in [0.29, 0.717) is 30.3 Å². The van der Waals surface area contributed by atoms with Gasteiger partial charge in [0.05, 0.1) is 22.3 Å². The number of urea groups is 1. The highest BCUT2D eigenvalue weighted by molar-refractivity contribution is 7.90. The molecular formula is C39H42N8O4S. The molecule has 0 spiro atoms. The third-order valence-electron chi connectivity index (χ3n) is 8.63. The Labute approximate surface area is 304 Å². The molecule has 2 aromatic carbocycles. The maximum atomic E-state index is 13.9. The van der Waals surface area contributed by atoms with E-state index in [4.69, 9.17) is 0 Å². The van der Waals surface area contributed by atoms with Crippen LogP contribution in [0.2, 0.25) is 0 Å². The highest BCUT2D eigenvalue weighted by Crippen LogP contribution is 2.28. The van der Waals surface area contributed by atoms with Crippen LogP contribution in [-0.2, 0) is 23.4 Å². The van der Waals surface area contributed by atoms with Crippen molar-refractivity contribution in [3.8, 4) is 28.5 Å². The molecule has 1 atom stereocenters. The monoisotopic (exact) mass is 718 g/mol. The van der Waals surface area contributed by atoms with Gasteiger partial charge in [-0.15, -0.1) is 0 Å². The van der Waals surface area contributed by atoms with Crippen molar-refractivity contribution in [2.24, 2.45) is 7.05 Å². The molecular weight excluding hydrogens is 677 g/mol. The van der Waals surface area contributed by atoms with Gasteiger partial charge in [0.1, 0.15) is 6.07 Å². The molecule has 3 heterocycles. The summed E-state index contributed by atoms with van der Waals surface area (Å²) in [6.07, 6.45) is 11.0. The zero-order chi connectivity index (χ0) is 37.1. The van der Waals surface area contributed by atoms with Gasteiger partial charge in [0, 0.05) is 68.3 Å². The van der Waals surface area contributed by atoms with Gasteiger partial charge in [-0.05, 0) is 66.6 Å². The van der Waals surface area contributed by atoms with E-state index in [1.165, 1.54) is 24.7 Å². The number of amides is 2. The minimum Gasteiger partial charge on any atom is -0.354 e. The Kier molecular flexibility index (Phi) is 12.5. The number of nitrogens with one attached hydrogen (secondary N) is 2. The van der Waals surface area contributed by atoms with Gasteiger partial charge in [-0.1, -0.05) is 55.8 Å². The van der Waals surface area contributed by atoms with Crippen LogP contribution >= 0.6 is 0 Å². The van der Waals surface area contributed by atoms with Crippen molar-refractivity contribution >= 4 is 27.5 Å². The highest BCUT2D eigenvalue weighted by Gasteiger charge is 2.25. The van der Waals surface area contributed by atoms with Crippen molar-refractivity contribution in [2.75, 3.05) is 23.0 Å². The Morgan fingerprint density at radius 1 is 0.962 bits per heavy atom. The first-order valence-corrected chi connectivity index (χ1v) is 19.0. The topological polar surface area (TPSA) is 163 Å². The number of carbonyl (C=O) groups excluding carboxylic acids is 1. The van der Waals surface area contributed by atoms with Crippen molar-refractivity contribution in [2.45, 2.75) is 56.5 Å². The van der Waals surface area contributed by atoms with Gasteiger partial charge in [0.15, 0.2) is 9.84 Å². The standard InChI is InChI=1S/C39H42N8O4S/c1-4-10-33(13-8-9-20-42-38-43-25-32(22-40)37(45-38)31-21-35(26-41-24-31)52(3,50)51)47(39(49)44-23-28-11-6-5-7-12-28)34-17-14-29(15-18-34)30-16-19-36(48)46(2)27-30/h5-7,11-12,14-19,21,24-27,33H,4,8-10,13,20,23H2,1-3H3,(H,44,49)(H,42,43,45)/t33-/m1/s1. The van der Waals surface area contributed by atoms with Crippen LogP contribution in [0, 0.1) is 11.3 Å². The minimum absolute atomic E-state index is 0.0340. The Bertz CT molecular complexity index is 2200. The number of aryl methyl sites for hydroxylation is 1. The number of sulfone groups is 1. The Hall–Kier alpha value is -5.87. The number of hydrogen-bond donors (Lipinski definition) is 2. The zero-order valence-corrected chi connectivity index (χ0v) is 30.3. The Morgan fingerprint density at radius 3 is 2.40 bits per heavy atom. The van der Waals surface area contributed by atoms with Gasteiger partial charge in [-0.3, -0.25) is 14.7 Å². The van der Waals surface area contributed by atoms with Gasteiger partial charge in [-0.25, -0.2) is 23.2 Å². The molecule has 0 aliphatic rings. The average molecular weight is 719 g/mol. The smallest absolute Gasteiger partial charge is 0.322 e. The van der Waals surface area contributed by atoms with Crippen LogP contribution in [0.3, 0.4) is 0 Å². The molecule has 0 saturated heterocycles. The number of benzene rings is 2.